The second-order valence-corrected chi connectivity index (χ2v) is 6.07. The van der Waals surface area contributed by atoms with Gasteiger partial charge in [-0.25, -0.2) is 0 Å². The SMILES string of the molecule is CCc1ccc(C(=O)CSc2nnc(-c3ccccc3)[nH]2)cc1. The van der Waals surface area contributed by atoms with Gasteiger partial charge in [0.1, 0.15) is 0 Å². The molecule has 1 aromatic heterocycles. The Labute approximate surface area is 139 Å². The van der Waals surface area contributed by atoms with Crippen LogP contribution in [0.4, 0.5) is 0 Å². The number of aryl methyl sites for hydroxylation is 1. The van der Waals surface area contributed by atoms with Gasteiger partial charge in [-0.1, -0.05) is 73.3 Å². The molecule has 0 fully saturated rings. The predicted molar refractivity (Wildman–Crippen MR) is 92.7 cm³/mol. The summed E-state index contributed by atoms with van der Waals surface area (Å²) in [5.74, 6) is 1.15. The van der Waals surface area contributed by atoms with Crippen molar-refractivity contribution in [1.82, 2.24) is 15.2 Å². The van der Waals surface area contributed by atoms with E-state index in [0.29, 0.717) is 16.7 Å². The lowest BCUT2D eigenvalue weighted by Crippen LogP contribution is -2.02. The zero-order valence-corrected chi connectivity index (χ0v) is 13.6. The Morgan fingerprint density at radius 3 is 2.48 bits per heavy atom. The number of nitrogens with zero attached hydrogens (tertiary/aromatic N) is 2. The van der Waals surface area contributed by atoms with E-state index in [1.54, 1.807) is 0 Å². The van der Waals surface area contributed by atoms with Crippen LogP contribution in [-0.2, 0) is 6.42 Å². The summed E-state index contributed by atoms with van der Waals surface area (Å²) in [7, 11) is 0. The lowest BCUT2D eigenvalue weighted by molar-refractivity contribution is 0.102. The summed E-state index contributed by atoms with van der Waals surface area (Å²) in [5, 5.41) is 8.87. The van der Waals surface area contributed by atoms with Gasteiger partial charge in [-0.15, -0.1) is 10.2 Å². The van der Waals surface area contributed by atoms with Crippen LogP contribution >= 0.6 is 11.8 Å². The molecule has 0 amide bonds. The van der Waals surface area contributed by atoms with E-state index in [-0.39, 0.29) is 5.78 Å². The molecule has 4 nitrogen and oxygen atoms in total. The summed E-state index contributed by atoms with van der Waals surface area (Å²) < 4.78 is 0. The van der Waals surface area contributed by atoms with Crippen LogP contribution < -0.4 is 0 Å². The van der Waals surface area contributed by atoms with E-state index in [0.717, 1.165) is 17.5 Å². The van der Waals surface area contributed by atoms with E-state index in [1.807, 2.05) is 54.6 Å². The summed E-state index contributed by atoms with van der Waals surface area (Å²) in [6.07, 6.45) is 0.976. The fourth-order valence-electron chi connectivity index (χ4n) is 2.18. The molecule has 0 bridgehead atoms. The van der Waals surface area contributed by atoms with E-state index in [9.17, 15) is 4.79 Å². The van der Waals surface area contributed by atoms with Crippen molar-refractivity contribution in [3.8, 4) is 11.4 Å². The number of Topliss-reactive ketones (excluding diaryl/α,β-unsaturated/α-hetero) is 1. The fraction of sp³-hybridized carbons (Fsp3) is 0.167. The molecule has 1 N–H and O–H groups in total. The van der Waals surface area contributed by atoms with E-state index in [1.165, 1.54) is 17.3 Å². The maximum Gasteiger partial charge on any atom is 0.189 e. The van der Waals surface area contributed by atoms with Crippen molar-refractivity contribution in [2.75, 3.05) is 5.75 Å². The van der Waals surface area contributed by atoms with Crippen LogP contribution in [0, 0.1) is 0 Å². The minimum atomic E-state index is 0.0929. The molecule has 0 aliphatic heterocycles. The highest BCUT2D eigenvalue weighted by Gasteiger charge is 2.10. The zero-order valence-electron chi connectivity index (χ0n) is 12.8. The van der Waals surface area contributed by atoms with Gasteiger partial charge in [-0.05, 0) is 12.0 Å². The summed E-state index contributed by atoms with van der Waals surface area (Å²) >= 11 is 1.37. The predicted octanol–water partition coefficient (Wildman–Crippen LogP) is 4.01. The first-order chi connectivity index (χ1) is 11.3. The summed E-state index contributed by atoms with van der Waals surface area (Å²) in [6, 6.07) is 17.6. The lowest BCUT2D eigenvalue weighted by Gasteiger charge is -2.01. The molecule has 0 atom stereocenters. The van der Waals surface area contributed by atoms with Crippen molar-refractivity contribution in [2.45, 2.75) is 18.5 Å². The average molecular weight is 323 g/mol. The second-order valence-electron chi connectivity index (χ2n) is 5.11. The molecular weight excluding hydrogens is 306 g/mol. The number of ketones is 1. The fourth-order valence-corrected chi connectivity index (χ4v) is 2.88. The number of carbonyl (C=O) groups is 1. The number of carbonyl (C=O) groups excluding carboxylic acids is 1. The summed E-state index contributed by atoms with van der Waals surface area (Å²) in [4.78, 5) is 15.4. The Kier molecular flexibility index (Phi) is 4.88. The number of benzene rings is 2. The first-order valence-electron chi connectivity index (χ1n) is 7.49. The number of nitrogens with one attached hydrogen (secondary N) is 1. The Balaban J connectivity index is 1.62. The van der Waals surface area contributed by atoms with Crippen LogP contribution in [0.1, 0.15) is 22.8 Å². The number of hydrogen-bond donors (Lipinski definition) is 1. The van der Waals surface area contributed by atoms with E-state index < -0.39 is 0 Å². The van der Waals surface area contributed by atoms with Gasteiger partial charge >= 0.3 is 0 Å². The maximum atomic E-state index is 12.2. The van der Waals surface area contributed by atoms with Gasteiger partial charge in [0.05, 0.1) is 5.75 Å². The molecule has 0 unspecified atom stereocenters. The van der Waals surface area contributed by atoms with Gasteiger partial charge in [0.15, 0.2) is 16.8 Å². The van der Waals surface area contributed by atoms with Crippen LogP contribution in [0.2, 0.25) is 0 Å². The number of aromatic nitrogens is 3. The molecule has 0 spiro atoms. The molecule has 0 aliphatic rings. The van der Waals surface area contributed by atoms with Crippen molar-refractivity contribution in [3.05, 3.63) is 65.7 Å². The Hall–Kier alpha value is -2.40. The van der Waals surface area contributed by atoms with Crippen molar-refractivity contribution >= 4 is 17.5 Å². The minimum absolute atomic E-state index is 0.0929. The van der Waals surface area contributed by atoms with Crippen LogP contribution in [0.25, 0.3) is 11.4 Å². The standard InChI is InChI=1S/C18H17N3OS/c1-2-13-8-10-14(11-9-13)16(22)12-23-18-19-17(20-21-18)15-6-4-3-5-7-15/h3-11H,2,12H2,1H3,(H,19,20,21). The summed E-state index contributed by atoms with van der Waals surface area (Å²) in [5.41, 5.74) is 2.95. The number of hydrogen-bond acceptors (Lipinski definition) is 4. The first kappa shape index (κ1) is 15.5. The van der Waals surface area contributed by atoms with E-state index >= 15 is 0 Å². The zero-order chi connectivity index (χ0) is 16.1. The number of aromatic amines is 1. The topological polar surface area (TPSA) is 58.6 Å². The largest absolute Gasteiger partial charge is 0.316 e. The van der Waals surface area contributed by atoms with Crippen molar-refractivity contribution in [1.29, 1.82) is 0 Å². The molecule has 5 heteroatoms. The molecule has 0 saturated heterocycles. The maximum absolute atomic E-state index is 12.2. The van der Waals surface area contributed by atoms with Crippen LogP contribution in [0.3, 0.4) is 0 Å². The van der Waals surface area contributed by atoms with Crippen LogP contribution in [-0.4, -0.2) is 26.7 Å². The molecule has 0 aliphatic carbocycles. The van der Waals surface area contributed by atoms with Crippen molar-refractivity contribution in [2.24, 2.45) is 0 Å². The first-order valence-corrected chi connectivity index (χ1v) is 8.48. The number of H-pyrrole nitrogens is 1. The van der Waals surface area contributed by atoms with E-state index in [4.69, 9.17) is 0 Å². The van der Waals surface area contributed by atoms with Gasteiger partial charge in [-0.3, -0.25) is 4.79 Å². The molecule has 0 saturated carbocycles. The highest BCUT2D eigenvalue weighted by atomic mass is 32.2. The average Bonchev–Trinajstić information content (AvgIpc) is 3.09. The van der Waals surface area contributed by atoms with Crippen molar-refractivity contribution in [3.63, 3.8) is 0 Å². The van der Waals surface area contributed by atoms with Gasteiger partial charge < -0.3 is 4.98 Å². The summed E-state index contributed by atoms with van der Waals surface area (Å²) in [6.45, 7) is 2.10. The van der Waals surface area contributed by atoms with Crippen LogP contribution in [0.15, 0.2) is 59.8 Å². The number of thioether (sulfide) groups is 1. The lowest BCUT2D eigenvalue weighted by atomic mass is 10.1. The second kappa shape index (κ2) is 7.24. The third-order valence-electron chi connectivity index (χ3n) is 3.54. The van der Waals surface area contributed by atoms with Crippen LogP contribution in [0.5, 0.6) is 0 Å². The number of rotatable bonds is 6. The molecule has 23 heavy (non-hydrogen) atoms. The van der Waals surface area contributed by atoms with Gasteiger partial charge in [0.25, 0.3) is 0 Å². The third-order valence-corrected chi connectivity index (χ3v) is 4.40. The molecular formula is C18H17N3OS. The quantitative estimate of drug-likeness (QED) is 0.550. The Morgan fingerprint density at radius 2 is 1.78 bits per heavy atom. The highest BCUT2D eigenvalue weighted by Crippen LogP contribution is 2.20. The molecule has 116 valence electrons. The normalized spacial score (nSPS) is 10.7. The van der Waals surface area contributed by atoms with Gasteiger partial charge in [-0.2, -0.15) is 0 Å². The third kappa shape index (κ3) is 3.87. The Morgan fingerprint density at radius 1 is 1.04 bits per heavy atom. The van der Waals surface area contributed by atoms with Crippen molar-refractivity contribution < 1.29 is 4.79 Å². The molecule has 2 aromatic carbocycles. The van der Waals surface area contributed by atoms with E-state index in [2.05, 4.69) is 22.1 Å². The van der Waals surface area contributed by atoms with Gasteiger partial charge in [0, 0.05) is 11.1 Å². The molecule has 1 heterocycles. The molecule has 0 radical (unpaired) electrons. The molecule has 3 aromatic rings. The Bertz CT molecular complexity index is 782. The van der Waals surface area contributed by atoms with Gasteiger partial charge in [0.2, 0.25) is 0 Å². The smallest absolute Gasteiger partial charge is 0.189 e. The monoisotopic (exact) mass is 323 g/mol. The highest BCUT2D eigenvalue weighted by molar-refractivity contribution is 7.99. The molecule has 3 rings (SSSR count). The minimum Gasteiger partial charge on any atom is -0.316 e.